The Morgan fingerprint density at radius 3 is 1.61 bits per heavy atom. The van der Waals surface area contributed by atoms with Crippen molar-refractivity contribution in [1.82, 2.24) is 0 Å². The molecule has 0 saturated carbocycles. The van der Waals surface area contributed by atoms with Crippen LogP contribution in [0.15, 0.2) is 186 Å². The number of furan rings is 1. The van der Waals surface area contributed by atoms with E-state index in [1.165, 1.54) is 0 Å². The zero-order valence-corrected chi connectivity index (χ0v) is 25.4. The average molecular weight is 677 g/mol. The first-order chi connectivity index (χ1) is 37.8. The molecule has 0 amide bonds. The van der Waals surface area contributed by atoms with Gasteiger partial charge in [-0.2, -0.15) is 0 Å². The summed E-state index contributed by atoms with van der Waals surface area (Å²) in [6, 6.07) is -28.9. The maximum absolute atomic E-state index is 9.82. The fourth-order valence-corrected chi connectivity index (χ4v) is 6.53. The Hall–Kier alpha value is -6.70. The van der Waals surface area contributed by atoms with Crippen LogP contribution in [0, 0.1) is 0 Å². The molecule has 0 aliphatic heterocycles. The van der Waals surface area contributed by atoms with Crippen LogP contribution in [0.5, 0.6) is 0 Å². The fraction of sp³-hybridized carbons (Fsp3) is 0. The van der Waals surface area contributed by atoms with Crippen molar-refractivity contribution in [3.8, 4) is 33.4 Å². The summed E-state index contributed by atoms with van der Waals surface area (Å²) in [5, 5.41) is -8.14. The number of fused-ring (bicyclic) bond motifs is 9. The van der Waals surface area contributed by atoms with Gasteiger partial charge in [0, 0.05) is 16.3 Å². The predicted octanol–water partition coefficient (Wildman–Crippen LogP) is 14.4. The van der Waals surface area contributed by atoms with Gasteiger partial charge in [-0.1, -0.05) is 169 Å². The molecule has 236 valence electrons. The molecule has 11 rings (SSSR count). The Kier molecular flexibility index (Phi) is 2.50. The molecule has 0 fully saturated rings. The van der Waals surface area contributed by atoms with E-state index in [1.807, 2.05) is 0 Å². The number of para-hydroxylation sites is 1. The third kappa shape index (κ3) is 4.16. The number of benzene rings is 10. The third-order valence-electron chi connectivity index (χ3n) is 8.62. The summed E-state index contributed by atoms with van der Waals surface area (Å²) < 4.78 is 280. The molecule has 1 aromatic heterocycles. The van der Waals surface area contributed by atoms with E-state index in [1.54, 1.807) is 0 Å². The van der Waals surface area contributed by atoms with Gasteiger partial charge >= 0.3 is 0 Å². The van der Waals surface area contributed by atoms with Crippen LogP contribution in [0.25, 0.3) is 109 Å². The molecular formula is C50H30O. The Morgan fingerprint density at radius 1 is 0.333 bits per heavy atom. The molecule has 0 atom stereocenters. The molecule has 1 heteroatoms. The zero-order valence-electron chi connectivity index (χ0n) is 55.4. The molecule has 0 spiro atoms. The second kappa shape index (κ2) is 10.9. The van der Waals surface area contributed by atoms with Crippen molar-refractivity contribution in [3.05, 3.63) is 181 Å². The average Bonchev–Trinajstić information content (AvgIpc) is 1.95. The highest BCUT2D eigenvalue weighted by Gasteiger charge is 2.21. The monoisotopic (exact) mass is 676 g/mol. The van der Waals surface area contributed by atoms with Gasteiger partial charge < -0.3 is 4.42 Å². The van der Waals surface area contributed by atoms with Gasteiger partial charge in [0.25, 0.3) is 0 Å². The van der Waals surface area contributed by atoms with E-state index in [2.05, 4.69) is 0 Å². The minimum Gasteiger partial charge on any atom is -0.455 e. The molecule has 1 heterocycles. The Balaban J connectivity index is 1.48. The van der Waals surface area contributed by atoms with E-state index >= 15 is 0 Å². The summed E-state index contributed by atoms with van der Waals surface area (Å²) >= 11 is 0. The maximum atomic E-state index is 9.82. The maximum Gasteiger partial charge on any atom is 0.143 e. The largest absolute Gasteiger partial charge is 0.455 e. The summed E-state index contributed by atoms with van der Waals surface area (Å²) in [5.41, 5.74) is -6.32. The van der Waals surface area contributed by atoms with E-state index in [0.29, 0.717) is 0 Å². The Morgan fingerprint density at radius 2 is 0.863 bits per heavy atom. The number of hydrogen-bond donors (Lipinski definition) is 0. The lowest BCUT2D eigenvalue weighted by Gasteiger charge is -2.20. The minimum absolute atomic E-state index is 0.440. The zero-order chi connectivity index (χ0) is 59.6. The second-order valence-electron chi connectivity index (χ2n) is 11.3. The molecule has 51 heavy (non-hydrogen) atoms. The van der Waals surface area contributed by atoms with Crippen LogP contribution in [-0.4, -0.2) is 0 Å². The van der Waals surface area contributed by atoms with Crippen molar-refractivity contribution in [3.63, 3.8) is 0 Å². The number of hydrogen-bond acceptors (Lipinski definition) is 1. The van der Waals surface area contributed by atoms with Crippen LogP contribution in [0.3, 0.4) is 0 Å². The van der Waals surface area contributed by atoms with Crippen LogP contribution < -0.4 is 0 Å². The van der Waals surface area contributed by atoms with Crippen molar-refractivity contribution in [2.24, 2.45) is 0 Å². The fourth-order valence-electron chi connectivity index (χ4n) is 6.53. The summed E-state index contributed by atoms with van der Waals surface area (Å²) in [6.07, 6.45) is 0. The van der Waals surface area contributed by atoms with Crippen LogP contribution >= 0.6 is 0 Å². The minimum atomic E-state index is -1.12. The molecule has 11 aromatic rings. The first-order valence-corrected chi connectivity index (χ1v) is 15.2. The predicted molar refractivity (Wildman–Crippen MR) is 218 cm³/mol. The van der Waals surface area contributed by atoms with E-state index in [4.69, 9.17) is 26.3 Å². The summed E-state index contributed by atoms with van der Waals surface area (Å²) in [7, 11) is 0. The smallest absolute Gasteiger partial charge is 0.143 e. The molecular weight excluding hydrogens is 617 g/mol. The lowest BCUT2D eigenvalue weighted by molar-refractivity contribution is 0.670. The van der Waals surface area contributed by atoms with E-state index < -0.39 is 290 Å². The highest BCUT2D eigenvalue weighted by molar-refractivity contribution is 6.26. The van der Waals surface area contributed by atoms with Crippen LogP contribution in [0.2, 0.25) is 0 Å². The SMILES string of the molecule is [2H]c1c([2H])c([2H])c2c(oc3c([2H])c([2H])c4c([2H])c([2H])c([2H])c([2H])c4c32)c1-c1c([2H])c([2H])c([2H])c2c([2H])c([2H])c([2H])c(-c3c4c([2H])c([2H])c([2H])c([2H])c4c(-c4c([2H])c([2H])c5c([2H])c([2H])c([2H])c([2H])c5c4[2H])c4c([2H])c([2H])c([2H])c([2H])c34)c12. The molecule has 0 N–H and O–H groups in total. The standard InChI is InChI=1S/C50H30O/c1-2-14-34-30-35(27-26-31(34)12-1)47-37-18-5-7-20-39(37)48(40-21-8-6-19-38(40)47)43-24-10-16-33-15-9-22-41(46(33)43)42-23-11-25-44-49-36-17-4-3-13-32(36)28-29-45(49)51-50(42)44/h1-30H/i1D,2D,3D,4D,5D,6D,7D,8D,9D,10D,11D,12D,13D,14D,15D,16D,17D,18D,19D,20D,21D,22D,23D,24D,25D,26D,27D,28D,29D,30D. The van der Waals surface area contributed by atoms with Gasteiger partial charge in [-0.25, -0.2) is 0 Å². The lowest BCUT2D eigenvalue weighted by Crippen LogP contribution is -1.93. The summed E-state index contributed by atoms with van der Waals surface area (Å²) in [5.74, 6) is 0. The van der Waals surface area contributed by atoms with Gasteiger partial charge in [-0.05, 0) is 93.8 Å². The van der Waals surface area contributed by atoms with Gasteiger partial charge in [0.15, 0.2) is 0 Å². The lowest BCUT2D eigenvalue weighted by atomic mass is 9.83. The summed E-state index contributed by atoms with van der Waals surface area (Å²) in [6.45, 7) is 0. The molecule has 0 unspecified atom stereocenters. The summed E-state index contributed by atoms with van der Waals surface area (Å²) in [4.78, 5) is 0. The quantitative estimate of drug-likeness (QED) is 0.170. The van der Waals surface area contributed by atoms with E-state index in [-0.39, 0.29) is 0 Å². The van der Waals surface area contributed by atoms with Crippen molar-refractivity contribution in [2.45, 2.75) is 0 Å². The highest BCUT2D eigenvalue weighted by atomic mass is 16.3. The molecule has 0 radical (unpaired) electrons. The van der Waals surface area contributed by atoms with Crippen molar-refractivity contribution in [1.29, 1.82) is 0 Å². The van der Waals surface area contributed by atoms with E-state index in [9.17, 15) is 19.2 Å². The molecule has 0 bridgehead atoms. The van der Waals surface area contributed by atoms with Gasteiger partial charge in [0.1, 0.15) is 11.2 Å². The van der Waals surface area contributed by atoms with Crippen molar-refractivity contribution >= 4 is 75.8 Å². The second-order valence-corrected chi connectivity index (χ2v) is 11.3. The molecule has 0 saturated heterocycles. The van der Waals surface area contributed by atoms with Gasteiger partial charge in [-0.15, -0.1) is 0 Å². The van der Waals surface area contributed by atoms with Gasteiger partial charge in [-0.3, -0.25) is 0 Å². The van der Waals surface area contributed by atoms with Crippen molar-refractivity contribution < 1.29 is 45.5 Å². The Labute approximate surface area is 336 Å². The Bertz CT molecular complexity index is 4840. The molecule has 10 aromatic carbocycles. The van der Waals surface area contributed by atoms with E-state index in [0.717, 1.165) is 0 Å². The normalized spacial score (nSPS) is 20.2. The van der Waals surface area contributed by atoms with Crippen LogP contribution in [0.4, 0.5) is 0 Å². The highest BCUT2D eigenvalue weighted by Crippen LogP contribution is 2.48. The first kappa shape index (κ1) is 11.7. The number of rotatable bonds is 3. The topological polar surface area (TPSA) is 13.1 Å². The van der Waals surface area contributed by atoms with Crippen LogP contribution in [0.1, 0.15) is 41.1 Å². The van der Waals surface area contributed by atoms with Gasteiger partial charge in [0.2, 0.25) is 0 Å². The molecule has 0 aliphatic carbocycles. The molecule has 0 aliphatic rings. The third-order valence-corrected chi connectivity index (χ3v) is 8.62. The first-order valence-electron chi connectivity index (χ1n) is 30.2. The van der Waals surface area contributed by atoms with Crippen LogP contribution in [-0.2, 0) is 0 Å². The van der Waals surface area contributed by atoms with Crippen molar-refractivity contribution in [2.75, 3.05) is 0 Å². The molecule has 1 nitrogen and oxygen atoms in total. The van der Waals surface area contributed by atoms with Gasteiger partial charge in [0.05, 0.1) is 41.1 Å².